The molecule has 0 aliphatic heterocycles. The minimum Gasteiger partial charge on any atom is -0.324 e. The van der Waals surface area contributed by atoms with Crippen molar-refractivity contribution in [1.82, 2.24) is 0 Å². The van der Waals surface area contributed by atoms with Gasteiger partial charge in [0.2, 0.25) is 0 Å². The van der Waals surface area contributed by atoms with Crippen LogP contribution in [0.15, 0.2) is 18.2 Å². The highest BCUT2D eigenvalue weighted by Crippen LogP contribution is 2.14. The van der Waals surface area contributed by atoms with Crippen molar-refractivity contribution in [2.45, 2.75) is 26.8 Å². The van der Waals surface area contributed by atoms with Crippen LogP contribution in [0.4, 0.5) is 0 Å². The first-order valence-corrected chi connectivity index (χ1v) is 3.94. The molecule has 1 aromatic rings. The van der Waals surface area contributed by atoms with Gasteiger partial charge < -0.3 is 5.73 Å². The van der Waals surface area contributed by atoms with Gasteiger partial charge in [-0.25, -0.2) is 0 Å². The number of benzene rings is 1. The smallest absolute Gasteiger partial charge is 0.0266 e. The van der Waals surface area contributed by atoms with Crippen molar-refractivity contribution in [3.8, 4) is 0 Å². The van der Waals surface area contributed by atoms with Gasteiger partial charge >= 0.3 is 0 Å². The zero-order chi connectivity index (χ0) is 8.43. The van der Waals surface area contributed by atoms with Crippen LogP contribution in [0.3, 0.4) is 0 Å². The Morgan fingerprint density at radius 3 is 2.17 bits per heavy atom. The third-order valence-electron chi connectivity index (χ3n) is 2.06. The Morgan fingerprint density at radius 1 is 1.17 bits per heavy atom. The van der Waals surface area contributed by atoms with Gasteiger partial charge in [-0.3, -0.25) is 0 Å². The lowest BCUT2D eigenvalue weighted by molar-refractivity contribution is 0.816. The average Bonchev–Trinajstić information content (AvgIpc) is 1.94. The molecule has 0 fully saturated rings. The molecule has 68 valence electrons. The van der Waals surface area contributed by atoms with Crippen LogP contribution in [0, 0.1) is 13.8 Å². The third kappa shape index (κ3) is 2.50. The summed E-state index contributed by atoms with van der Waals surface area (Å²) in [5.41, 5.74) is 9.60. The molecule has 2 N–H and O–H groups in total. The highest BCUT2D eigenvalue weighted by molar-refractivity contribution is 5.85. The van der Waals surface area contributed by atoms with Gasteiger partial charge in [0, 0.05) is 6.04 Å². The molecule has 0 heterocycles. The molecular formula is C10H16ClN. The molecule has 1 rings (SSSR count). The van der Waals surface area contributed by atoms with Crippen LogP contribution in [-0.4, -0.2) is 0 Å². The Hall–Kier alpha value is -0.530. The monoisotopic (exact) mass is 185 g/mol. The zero-order valence-corrected chi connectivity index (χ0v) is 8.61. The Balaban J connectivity index is 0.00000121. The lowest BCUT2D eigenvalue weighted by Gasteiger charge is -2.07. The molecule has 12 heavy (non-hydrogen) atoms. The summed E-state index contributed by atoms with van der Waals surface area (Å²) in [6, 6.07) is 6.51. The molecular weight excluding hydrogens is 170 g/mol. The predicted molar refractivity (Wildman–Crippen MR) is 55.8 cm³/mol. The quantitative estimate of drug-likeness (QED) is 0.716. The van der Waals surface area contributed by atoms with E-state index in [0.29, 0.717) is 0 Å². The molecule has 0 aromatic heterocycles. The van der Waals surface area contributed by atoms with Crippen molar-refractivity contribution in [2.24, 2.45) is 5.73 Å². The summed E-state index contributed by atoms with van der Waals surface area (Å²) in [7, 11) is 0. The van der Waals surface area contributed by atoms with Gasteiger partial charge in [0.05, 0.1) is 0 Å². The average molecular weight is 186 g/mol. The summed E-state index contributed by atoms with van der Waals surface area (Å²) in [6.45, 7) is 6.23. The first kappa shape index (κ1) is 11.5. The van der Waals surface area contributed by atoms with Gasteiger partial charge in [0.1, 0.15) is 0 Å². The van der Waals surface area contributed by atoms with Gasteiger partial charge in [0.25, 0.3) is 0 Å². The van der Waals surface area contributed by atoms with Crippen LogP contribution in [0.2, 0.25) is 0 Å². The van der Waals surface area contributed by atoms with Crippen molar-refractivity contribution in [1.29, 1.82) is 0 Å². The number of rotatable bonds is 1. The Labute approximate surface area is 80.4 Å². The van der Waals surface area contributed by atoms with E-state index in [1.54, 1.807) is 0 Å². The molecule has 0 spiro atoms. The SMILES string of the molecule is Cc1ccc(C(C)N)cc1C.Cl. The maximum absolute atomic E-state index is 5.73. The number of nitrogens with two attached hydrogens (primary N) is 1. The molecule has 1 nitrogen and oxygen atoms in total. The maximum Gasteiger partial charge on any atom is 0.0266 e. The molecule has 0 saturated heterocycles. The molecule has 1 aromatic carbocycles. The summed E-state index contributed by atoms with van der Waals surface area (Å²) < 4.78 is 0. The Kier molecular flexibility index (Phi) is 4.29. The number of hydrogen-bond donors (Lipinski definition) is 1. The number of aryl methyl sites for hydroxylation is 2. The second kappa shape index (κ2) is 4.48. The van der Waals surface area contributed by atoms with Crippen molar-refractivity contribution < 1.29 is 0 Å². The van der Waals surface area contributed by atoms with Crippen molar-refractivity contribution in [3.05, 3.63) is 34.9 Å². The normalized spacial score (nSPS) is 12.0. The summed E-state index contributed by atoms with van der Waals surface area (Å²) in [5, 5.41) is 0. The minimum atomic E-state index is 0. The van der Waals surface area contributed by atoms with E-state index in [1.165, 1.54) is 16.7 Å². The lowest BCUT2D eigenvalue weighted by atomic mass is 10.0. The van der Waals surface area contributed by atoms with Gasteiger partial charge in [-0.1, -0.05) is 18.2 Å². The van der Waals surface area contributed by atoms with Crippen LogP contribution in [0.5, 0.6) is 0 Å². The van der Waals surface area contributed by atoms with Crippen molar-refractivity contribution >= 4 is 12.4 Å². The molecule has 1 unspecified atom stereocenters. The van der Waals surface area contributed by atoms with E-state index in [9.17, 15) is 0 Å². The summed E-state index contributed by atoms with van der Waals surface area (Å²) in [5.74, 6) is 0. The summed E-state index contributed by atoms with van der Waals surface area (Å²) in [6.07, 6.45) is 0. The zero-order valence-electron chi connectivity index (χ0n) is 7.79. The molecule has 1 atom stereocenters. The van der Waals surface area contributed by atoms with Gasteiger partial charge in [-0.05, 0) is 37.5 Å². The van der Waals surface area contributed by atoms with Crippen LogP contribution < -0.4 is 5.73 Å². The van der Waals surface area contributed by atoms with Gasteiger partial charge in [-0.2, -0.15) is 0 Å². The first-order chi connectivity index (χ1) is 5.11. The maximum atomic E-state index is 5.73. The molecule has 0 bridgehead atoms. The van der Waals surface area contributed by atoms with E-state index < -0.39 is 0 Å². The first-order valence-electron chi connectivity index (χ1n) is 3.94. The Morgan fingerprint density at radius 2 is 1.75 bits per heavy atom. The van der Waals surface area contributed by atoms with Crippen LogP contribution >= 0.6 is 12.4 Å². The second-order valence-corrected chi connectivity index (χ2v) is 3.13. The topological polar surface area (TPSA) is 26.0 Å². The number of hydrogen-bond acceptors (Lipinski definition) is 1. The van der Waals surface area contributed by atoms with E-state index in [4.69, 9.17) is 5.73 Å². The van der Waals surface area contributed by atoms with Gasteiger partial charge in [-0.15, -0.1) is 12.4 Å². The highest BCUT2D eigenvalue weighted by Gasteiger charge is 1.99. The third-order valence-corrected chi connectivity index (χ3v) is 2.06. The van der Waals surface area contributed by atoms with Gasteiger partial charge in [0.15, 0.2) is 0 Å². The van der Waals surface area contributed by atoms with E-state index in [-0.39, 0.29) is 18.4 Å². The molecule has 0 aliphatic rings. The fraction of sp³-hybridized carbons (Fsp3) is 0.400. The molecule has 0 radical (unpaired) electrons. The van der Waals surface area contributed by atoms with E-state index in [2.05, 4.69) is 32.0 Å². The van der Waals surface area contributed by atoms with Crippen LogP contribution in [0.25, 0.3) is 0 Å². The number of halogens is 1. The largest absolute Gasteiger partial charge is 0.324 e. The fourth-order valence-electron chi connectivity index (χ4n) is 1.05. The molecule has 0 aliphatic carbocycles. The molecule has 0 saturated carbocycles. The van der Waals surface area contributed by atoms with E-state index in [0.717, 1.165) is 0 Å². The second-order valence-electron chi connectivity index (χ2n) is 3.13. The van der Waals surface area contributed by atoms with Crippen LogP contribution in [0.1, 0.15) is 29.7 Å². The van der Waals surface area contributed by atoms with E-state index in [1.807, 2.05) is 6.92 Å². The minimum absolute atomic E-state index is 0. The fourth-order valence-corrected chi connectivity index (χ4v) is 1.05. The predicted octanol–water partition coefficient (Wildman–Crippen LogP) is 2.74. The highest BCUT2D eigenvalue weighted by atomic mass is 35.5. The molecule has 2 heteroatoms. The van der Waals surface area contributed by atoms with Crippen LogP contribution in [-0.2, 0) is 0 Å². The van der Waals surface area contributed by atoms with Crippen molar-refractivity contribution in [2.75, 3.05) is 0 Å². The standard InChI is InChI=1S/C10H15N.ClH/c1-7-4-5-10(9(3)11)6-8(7)2;/h4-6,9H,11H2,1-3H3;1H. The lowest BCUT2D eigenvalue weighted by Crippen LogP contribution is -2.05. The Bertz CT molecular complexity index is 256. The van der Waals surface area contributed by atoms with E-state index >= 15 is 0 Å². The summed E-state index contributed by atoms with van der Waals surface area (Å²) in [4.78, 5) is 0. The van der Waals surface area contributed by atoms with Crippen molar-refractivity contribution in [3.63, 3.8) is 0 Å². The summed E-state index contributed by atoms with van der Waals surface area (Å²) >= 11 is 0. The molecule has 0 amide bonds.